The number of amides is 1. The number of rotatable bonds is 4. The van der Waals surface area contributed by atoms with Crippen molar-refractivity contribution in [3.05, 3.63) is 41.0 Å². The fraction of sp³-hybridized carbons (Fsp3) is 0.154. The number of aromatic nitrogens is 5. The first kappa shape index (κ1) is 13.4. The maximum atomic E-state index is 11.8. The highest BCUT2D eigenvalue weighted by Crippen LogP contribution is 2.25. The molecule has 0 aliphatic heterocycles. The summed E-state index contributed by atoms with van der Waals surface area (Å²) in [5.41, 5.74) is 3.06. The third-order valence-electron chi connectivity index (χ3n) is 2.81. The maximum absolute atomic E-state index is 11.8. The molecule has 0 aliphatic carbocycles. The molecule has 0 fully saturated rings. The Kier molecular flexibility index (Phi) is 3.69. The number of nitrogens with one attached hydrogen (secondary N) is 2. The summed E-state index contributed by atoms with van der Waals surface area (Å²) in [6.07, 6.45) is 0.0654. The van der Waals surface area contributed by atoms with Crippen LogP contribution in [0.15, 0.2) is 29.6 Å². The van der Waals surface area contributed by atoms with E-state index in [-0.39, 0.29) is 12.3 Å². The van der Waals surface area contributed by atoms with Crippen LogP contribution in [0.2, 0.25) is 0 Å². The van der Waals surface area contributed by atoms with Crippen LogP contribution in [0.3, 0.4) is 0 Å². The molecule has 0 saturated heterocycles. The molecule has 3 aromatic rings. The van der Waals surface area contributed by atoms with E-state index in [9.17, 15) is 4.79 Å². The first-order valence-electron chi connectivity index (χ1n) is 6.25. The highest BCUT2D eigenvalue weighted by Gasteiger charge is 2.10. The normalized spacial score (nSPS) is 10.5. The summed E-state index contributed by atoms with van der Waals surface area (Å²) < 4.78 is 0. The van der Waals surface area contributed by atoms with Gasteiger partial charge in [0.2, 0.25) is 5.91 Å². The summed E-state index contributed by atoms with van der Waals surface area (Å²) in [7, 11) is 0. The second-order valence-corrected chi connectivity index (χ2v) is 5.32. The molecule has 2 heterocycles. The van der Waals surface area contributed by atoms with Gasteiger partial charge in [-0.3, -0.25) is 4.79 Å². The molecule has 2 aromatic heterocycles. The number of carbonyl (C=O) groups is 1. The van der Waals surface area contributed by atoms with Crippen LogP contribution < -0.4 is 5.32 Å². The number of aromatic amines is 1. The molecule has 21 heavy (non-hydrogen) atoms. The Morgan fingerprint density at radius 1 is 1.33 bits per heavy atom. The van der Waals surface area contributed by atoms with Crippen molar-refractivity contribution in [1.29, 1.82) is 0 Å². The third-order valence-corrected chi connectivity index (χ3v) is 3.56. The van der Waals surface area contributed by atoms with Gasteiger partial charge in [0.05, 0.1) is 12.1 Å². The van der Waals surface area contributed by atoms with Crippen LogP contribution in [-0.4, -0.2) is 31.5 Å². The number of hydrogen-bond acceptors (Lipinski definition) is 6. The summed E-state index contributed by atoms with van der Waals surface area (Å²) in [5.74, 6) is 0.129. The summed E-state index contributed by atoms with van der Waals surface area (Å²) in [5, 5.41) is 18.4. The quantitative estimate of drug-likeness (QED) is 0.766. The lowest BCUT2D eigenvalue weighted by Crippen LogP contribution is -2.15. The fourth-order valence-corrected chi connectivity index (χ4v) is 2.49. The van der Waals surface area contributed by atoms with Crippen LogP contribution in [0.5, 0.6) is 0 Å². The van der Waals surface area contributed by atoms with Gasteiger partial charge in [0, 0.05) is 10.9 Å². The van der Waals surface area contributed by atoms with E-state index in [0.717, 1.165) is 11.3 Å². The van der Waals surface area contributed by atoms with Gasteiger partial charge in [0.1, 0.15) is 0 Å². The number of aryl methyl sites for hydroxylation is 1. The smallest absolute Gasteiger partial charge is 0.233 e. The van der Waals surface area contributed by atoms with E-state index in [1.807, 2.05) is 36.6 Å². The van der Waals surface area contributed by atoms with E-state index >= 15 is 0 Å². The highest BCUT2D eigenvalue weighted by molar-refractivity contribution is 7.14. The van der Waals surface area contributed by atoms with Gasteiger partial charge < -0.3 is 5.32 Å². The van der Waals surface area contributed by atoms with Gasteiger partial charge in [-0.05, 0) is 6.92 Å². The number of benzene rings is 1. The predicted octanol–water partition coefficient (Wildman–Crippen LogP) is 1.81. The zero-order valence-corrected chi connectivity index (χ0v) is 12.0. The SMILES string of the molecule is Cc1ccc(-c2csc(NC(=O)Cc3nn[nH]n3)n2)cc1. The van der Waals surface area contributed by atoms with Crippen molar-refractivity contribution in [2.24, 2.45) is 0 Å². The average molecular weight is 300 g/mol. The average Bonchev–Trinajstić information content (AvgIpc) is 3.11. The van der Waals surface area contributed by atoms with Gasteiger partial charge in [-0.15, -0.1) is 21.5 Å². The molecule has 0 aliphatic rings. The van der Waals surface area contributed by atoms with Crippen molar-refractivity contribution < 1.29 is 4.79 Å². The summed E-state index contributed by atoms with van der Waals surface area (Å²) >= 11 is 1.38. The van der Waals surface area contributed by atoms with E-state index in [1.54, 1.807) is 0 Å². The number of H-pyrrole nitrogens is 1. The molecule has 1 aromatic carbocycles. The van der Waals surface area contributed by atoms with Gasteiger partial charge >= 0.3 is 0 Å². The molecule has 3 rings (SSSR count). The van der Waals surface area contributed by atoms with Crippen LogP contribution in [0.25, 0.3) is 11.3 Å². The van der Waals surface area contributed by atoms with E-state index in [0.29, 0.717) is 11.0 Å². The molecule has 0 atom stereocenters. The largest absolute Gasteiger partial charge is 0.302 e. The van der Waals surface area contributed by atoms with Gasteiger partial charge in [-0.25, -0.2) is 4.98 Å². The molecule has 8 heteroatoms. The molecule has 0 unspecified atom stereocenters. The lowest BCUT2D eigenvalue weighted by molar-refractivity contribution is -0.115. The Morgan fingerprint density at radius 3 is 2.86 bits per heavy atom. The minimum absolute atomic E-state index is 0.0654. The number of nitrogens with zero attached hydrogens (tertiary/aromatic N) is 4. The Labute approximate surface area is 124 Å². The van der Waals surface area contributed by atoms with Crippen molar-refractivity contribution >= 4 is 22.4 Å². The zero-order valence-electron chi connectivity index (χ0n) is 11.2. The molecule has 0 bridgehead atoms. The molecular formula is C13H12N6OS. The van der Waals surface area contributed by atoms with Crippen molar-refractivity contribution in [2.45, 2.75) is 13.3 Å². The fourth-order valence-electron chi connectivity index (χ4n) is 1.75. The number of tetrazole rings is 1. The Hall–Kier alpha value is -2.61. The second-order valence-electron chi connectivity index (χ2n) is 4.46. The first-order chi connectivity index (χ1) is 10.2. The molecular weight excluding hydrogens is 288 g/mol. The van der Waals surface area contributed by atoms with Crippen LogP contribution in [0.1, 0.15) is 11.4 Å². The monoisotopic (exact) mass is 300 g/mol. The number of hydrogen-bond donors (Lipinski definition) is 2. The number of thiazole rings is 1. The summed E-state index contributed by atoms with van der Waals surface area (Å²) in [4.78, 5) is 16.2. The Morgan fingerprint density at radius 2 is 2.14 bits per heavy atom. The minimum atomic E-state index is -0.221. The molecule has 7 nitrogen and oxygen atoms in total. The minimum Gasteiger partial charge on any atom is -0.302 e. The predicted molar refractivity (Wildman–Crippen MR) is 78.8 cm³/mol. The topological polar surface area (TPSA) is 96.5 Å². The Bertz CT molecular complexity index is 734. The summed E-state index contributed by atoms with van der Waals surface area (Å²) in [6.45, 7) is 2.04. The van der Waals surface area contributed by atoms with E-state index < -0.39 is 0 Å². The van der Waals surface area contributed by atoms with Crippen LogP contribution in [-0.2, 0) is 11.2 Å². The molecule has 1 amide bonds. The lowest BCUT2D eigenvalue weighted by atomic mass is 10.1. The van der Waals surface area contributed by atoms with Crippen LogP contribution >= 0.6 is 11.3 Å². The number of carbonyl (C=O) groups excluding carboxylic acids is 1. The van der Waals surface area contributed by atoms with Crippen molar-refractivity contribution in [1.82, 2.24) is 25.6 Å². The molecule has 0 saturated carbocycles. The Balaban J connectivity index is 1.67. The molecule has 106 valence electrons. The van der Waals surface area contributed by atoms with Crippen molar-refractivity contribution in [3.63, 3.8) is 0 Å². The third kappa shape index (κ3) is 3.29. The molecule has 0 radical (unpaired) electrons. The van der Waals surface area contributed by atoms with Crippen molar-refractivity contribution in [2.75, 3.05) is 5.32 Å². The van der Waals surface area contributed by atoms with E-state index in [2.05, 4.69) is 30.9 Å². The summed E-state index contributed by atoms with van der Waals surface area (Å²) in [6, 6.07) is 8.08. The van der Waals surface area contributed by atoms with Gasteiger partial charge in [-0.1, -0.05) is 35.0 Å². The van der Waals surface area contributed by atoms with Crippen LogP contribution in [0.4, 0.5) is 5.13 Å². The van der Waals surface area contributed by atoms with E-state index in [1.165, 1.54) is 16.9 Å². The van der Waals surface area contributed by atoms with Gasteiger partial charge in [-0.2, -0.15) is 5.21 Å². The first-order valence-corrected chi connectivity index (χ1v) is 7.13. The van der Waals surface area contributed by atoms with E-state index in [4.69, 9.17) is 0 Å². The van der Waals surface area contributed by atoms with Crippen LogP contribution in [0, 0.1) is 6.92 Å². The standard InChI is InChI=1S/C13H12N6OS/c1-8-2-4-9(5-3-8)10-7-21-13(14-10)15-12(20)6-11-16-18-19-17-11/h2-5,7H,6H2,1H3,(H,14,15,20)(H,16,17,18,19). The maximum Gasteiger partial charge on any atom is 0.233 e. The molecule has 2 N–H and O–H groups in total. The van der Waals surface area contributed by atoms with Crippen molar-refractivity contribution in [3.8, 4) is 11.3 Å². The van der Waals surface area contributed by atoms with Gasteiger partial charge in [0.25, 0.3) is 0 Å². The second kappa shape index (κ2) is 5.80. The zero-order chi connectivity index (χ0) is 14.7. The lowest BCUT2D eigenvalue weighted by Gasteiger charge is -1.99. The molecule has 0 spiro atoms. The van der Waals surface area contributed by atoms with Gasteiger partial charge in [0.15, 0.2) is 11.0 Å². The highest BCUT2D eigenvalue weighted by atomic mass is 32.1. The number of anilines is 1.